The fourth-order valence-corrected chi connectivity index (χ4v) is 9.53. The van der Waals surface area contributed by atoms with E-state index in [2.05, 4.69) is 34.6 Å². The van der Waals surface area contributed by atoms with Crippen LogP contribution in [0.2, 0.25) is 0 Å². The molecule has 0 radical (unpaired) electrons. The molecule has 0 aromatic rings. The van der Waals surface area contributed by atoms with Crippen LogP contribution >= 0.6 is 0 Å². The van der Waals surface area contributed by atoms with Crippen molar-refractivity contribution in [2.24, 2.45) is 52.3 Å². The van der Waals surface area contributed by atoms with Crippen LogP contribution < -0.4 is 0 Å². The lowest BCUT2D eigenvalue weighted by molar-refractivity contribution is -0.290. The van der Waals surface area contributed by atoms with Crippen LogP contribution in [-0.4, -0.2) is 16.9 Å². The Balaban J connectivity index is 1.47. The molecule has 0 aromatic heterocycles. The number of hydrogen-bond acceptors (Lipinski definition) is 1. The first-order valence-electron chi connectivity index (χ1n) is 13.6. The van der Waals surface area contributed by atoms with Gasteiger partial charge in [0.05, 0.1) is 0 Å². The van der Waals surface area contributed by atoms with E-state index in [-0.39, 0.29) is 24.2 Å². The second-order valence-corrected chi connectivity index (χ2v) is 13.4. The molecule has 0 amide bonds. The quantitative estimate of drug-likeness (QED) is 0.440. The molecule has 0 aliphatic heterocycles. The predicted octanol–water partition coefficient (Wildman–Crippen LogP) is 8.40. The molecule has 4 aliphatic carbocycles. The average Bonchev–Trinajstić information content (AvgIpc) is 3.04. The van der Waals surface area contributed by atoms with Crippen LogP contribution in [0.1, 0.15) is 112 Å². The van der Waals surface area contributed by atoms with Crippen LogP contribution in [0.3, 0.4) is 0 Å². The van der Waals surface area contributed by atoms with Crippen molar-refractivity contribution in [1.29, 1.82) is 0 Å². The number of alkyl halides is 3. The molecule has 0 saturated heterocycles. The Morgan fingerprint density at radius 1 is 0.844 bits per heavy atom. The summed E-state index contributed by atoms with van der Waals surface area (Å²) in [6.45, 7) is 12.0. The first-order valence-corrected chi connectivity index (χ1v) is 13.6. The topological polar surface area (TPSA) is 20.2 Å². The maximum Gasteiger partial charge on any atom is 0.417 e. The van der Waals surface area contributed by atoms with Gasteiger partial charge < -0.3 is 5.11 Å². The molecule has 186 valence electrons. The maximum atomic E-state index is 13.6. The van der Waals surface area contributed by atoms with Gasteiger partial charge in [0.1, 0.15) is 0 Å². The smallest absolute Gasteiger partial charge is 0.380 e. The molecule has 4 aliphatic rings. The highest BCUT2D eigenvalue weighted by molar-refractivity contribution is 5.11. The molecule has 0 spiro atoms. The van der Waals surface area contributed by atoms with E-state index in [0.717, 1.165) is 36.5 Å². The minimum atomic E-state index is -4.50. The third kappa shape index (κ3) is 3.97. The molecular formula is C28H47F3O. The Morgan fingerprint density at radius 2 is 1.53 bits per heavy atom. The van der Waals surface area contributed by atoms with Crippen molar-refractivity contribution in [2.75, 3.05) is 0 Å². The summed E-state index contributed by atoms with van der Waals surface area (Å²) in [7, 11) is 0. The van der Waals surface area contributed by atoms with Crippen molar-refractivity contribution in [3.63, 3.8) is 0 Å². The molecule has 4 rings (SSSR count). The second-order valence-electron chi connectivity index (χ2n) is 13.4. The summed E-state index contributed by atoms with van der Waals surface area (Å²) in [4.78, 5) is 0. The Bertz CT molecular complexity index is 674. The van der Waals surface area contributed by atoms with Gasteiger partial charge in [-0.2, -0.15) is 13.2 Å². The molecule has 0 bridgehead atoms. The number of hydrogen-bond donors (Lipinski definition) is 1. The normalized spacial score (nSPS) is 47.6. The van der Waals surface area contributed by atoms with E-state index in [1.165, 1.54) is 44.9 Å². The minimum Gasteiger partial charge on any atom is -0.380 e. The SMILES string of the molecule is CC(C)CCCC(C)C1CCC2C3CCC4CC(O)(C(F)(F)F)CCC4(C)C3CCC12C. The lowest BCUT2D eigenvalue weighted by Gasteiger charge is -2.62. The van der Waals surface area contributed by atoms with Gasteiger partial charge >= 0.3 is 6.18 Å². The van der Waals surface area contributed by atoms with Crippen molar-refractivity contribution < 1.29 is 18.3 Å². The zero-order valence-corrected chi connectivity index (χ0v) is 21.1. The van der Waals surface area contributed by atoms with E-state index < -0.39 is 11.8 Å². The summed E-state index contributed by atoms with van der Waals surface area (Å²) in [6, 6.07) is 0. The summed E-state index contributed by atoms with van der Waals surface area (Å²) in [5.74, 6) is 4.37. The van der Waals surface area contributed by atoms with Gasteiger partial charge in [0, 0.05) is 0 Å². The summed E-state index contributed by atoms with van der Waals surface area (Å²) in [6.07, 6.45) is 6.92. The molecule has 4 fully saturated rings. The first-order chi connectivity index (χ1) is 14.8. The lowest BCUT2D eigenvalue weighted by atomic mass is 9.43. The molecule has 9 unspecified atom stereocenters. The van der Waals surface area contributed by atoms with Crippen molar-refractivity contribution in [2.45, 2.75) is 123 Å². The molecule has 0 aromatic carbocycles. The molecule has 1 N–H and O–H groups in total. The first kappa shape index (κ1) is 24.9. The Hall–Kier alpha value is -0.250. The zero-order valence-electron chi connectivity index (χ0n) is 21.1. The largest absolute Gasteiger partial charge is 0.417 e. The molecule has 9 atom stereocenters. The van der Waals surface area contributed by atoms with Gasteiger partial charge in [-0.25, -0.2) is 0 Å². The van der Waals surface area contributed by atoms with Crippen LogP contribution in [-0.2, 0) is 0 Å². The standard InChI is InChI=1S/C28H47F3O/c1-18(2)7-6-8-19(3)22-11-12-23-21-10-9-20-17-27(32,28(29,30)31)16-15-25(20,4)24(21)13-14-26(22,23)5/h18-24,32H,6-17H2,1-5H3. The van der Waals surface area contributed by atoms with Crippen molar-refractivity contribution in [1.82, 2.24) is 0 Å². The highest BCUT2D eigenvalue weighted by Gasteiger charge is 2.65. The van der Waals surface area contributed by atoms with Gasteiger partial charge in [0.2, 0.25) is 0 Å². The summed E-state index contributed by atoms with van der Waals surface area (Å²) >= 11 is 0. The van der Waals surface area contributed by atoms with Crippen molar-refractivity contribution >= 4 is 0 Å². The van der Waals surface area contributed by atoms with Crippen LogP contribution in [0.5, 0.6) is 0 Å². The maximum absolute atomic E-state index is 13.6. The fraction of sp³-hybridized carbons (Fsp3) is 1.00. The lowest BCUT2D eigenvalue weighted by Crippen LogP contribution is -2.59. The van der Waals surface area contributed by atoms with Crippen molar-refractivity contribution in [3.8, 4) is 0 Å². The van der Waals surface area contributed by atoms with Gasteiger partial charge in [-0.1, -0.05) is 53.9 Å². The Morgan fingerprint density at radius 3 is 2.19 bits per heavy atom. The highest BCUT2D eigenvalue weighted by Crippen LogP contribution is 2.69. The van der Waals surface area contributed by atoms with Crippen LogP contribution in [0.15, 0.2) is 0 Å². The predicted molar refractivity (Wildman–Crippen MR) is 124 cm³/mol. The van der Waals surface area contributed by atoms with Gasteiger partial charge in [-0.3, -0.25) is 0 Å². The van der Waals surface area contributed by atoms with Crippen LogP contribution in [0.4, 0.5) is 13.2 Å². The van der Waals surface area contributed by atoms with Gasteiger partial charge in [0.15, 0.2) is 5.60 Å². The Kier molecular flexibility index (Phi) is 6.57. The average molecular weight is 457 g/mol. The highest BCUT2D eigenvalue weighted by atomic mass is 19.4. The third-order valence-corrected chi connectivity index (χ3v) is 11.5. The van der Waals surface area contributed by atoms with Crippen molar-refractivity contribution in [3.05, 3.63) is 0 Å². The fourth-order valence-electron chi connectivity index (χ4n) is 9.53. The number of fused-ring (bicyclic) bond motifs is 5. The van der Waals surface area contributed by atoms with Gasteiger partial charge in [-0.05, 0) is 110 Å². The van der Waals surface area contributed by atoms with Crippen LogP contribution in [0.25, 0.3) is 0 Å². The van der Waals surface area contributed by atoms with E-state index in [4.69, 9.17) is 0 Å². The summed E-state index contributed by atoms with van der Waals surface area (Å²) in [5, 5.41) is 10.4. The van der Waals surface area contributed by atoms with E-state index >= 15 is 0 Å². The molecule has 32 heavy (non-hydrogen) atoms. The third-order valence-electron chi connectivity index (χ3n) is 11.5. The van der Waals surface area contributed by atoms with E-state index in [1.807, 2.05) is 0 Å². The number of rotatable bonds is 5. The molecule has 1 nitrogen and oxygen atoms in total. The van der Waals surface area contributed by atoms with E-state index in [9.17, 15) is 18.3 Å². The van der Waals surface area contributed by atoms with Crippen LogP contribution in [0, 0.1) is 52.3 Å². The molecule has 4 saturated carbocycles. The molecule has 0 heterocycles. The summed E-state index contributed by atoms with van der Waals surface area (Å²) in [5.41, 5.74) is -2.07. The second kappa shape index (κ2) is 8.45. The monoisotopic (exact) mass is 456 g/mol. The zero-order chi connectivity index (χ0) is 23.5. The number of halogens is 3. The number of aliphatic hydroxyl groups is 1. The molecular weight excluding hydrogens is 409 g/mol. The minimum absolute atomic E-state index is 0.0145. The van der Waals surface area contributed by atoms with Gasteiger partial charge in [0.25, 0.3) is 0 Å². The van der Waals surface area contributed by atoms with Gasteiger partial charge in [-0.15, -0.1) is 0 Å². The molecule has 4 heteroatoms. The van der Waals surface area contributed by atoms with E-state index in [0.29, 0.717) is 23.7 Å². The summed E-state index contributed by atoms with van der Waals surface area (Å²) < 4.78 is 40.7. The van der Waals surface area contributed by atoms with E-state index in [1.54, 1.807) is 0 Å². The Labute approximate surface area is 194 Å².